The topological polar surface area (TPSA) is 74.7 Å². The second-order valence-electron chi connectivity index (χ2n) is 5.57. The molecule has 1 heterocycles. The van der Waals surface area contributed by atoms with Crippen molar-refractivity contribution in [2.45, 2.75) is 32.2 Å². The SMILES string of the molecule is CC(CC1CC1)N1C(=O)c2ccc(C(=O)O)cc2C1=O. The van der Waals surface area contributed by atoms with E-state index in [4.69, 9.17) is 5.11 Å². The second-order valence-corrected chi connectivity index (χ2v) is 5.57. The lowest BCUT2D eigenvalue weighted by molar-refractivity contribution is 0.0585. The van der Waals surface area contributed by atoms with Gasteiger partial charge in [-0.15, -0.1) is 0 Å². The number of carbonyl (C=O) groups excluding carboxylic acids is 2. The van der Waals surface area contributed by atoms with Crippen LogP contribution in [-0.2, 0) is 0 Å². The van der Waals surface area contributed by atoms with Crippen LogP contribution in [-0.4, -0.2) is 33.8 Å². The first-order chi connectivity index (χ1) is 9.49. The maximum absolute atomic E-state index is 12.3. The Hall–Kier alpha value is -2.17. The van der Waals surface area contributed by atoms with Gasteiger partial charge in [0, 0.05) is 6.04 Å². The van der Waals surface area contributed by atoms with Crippen LogP contribution < -0.4 is 0 Å². The average molecular weight is 273 g/mol. The molecule has 5 heteroatoms. The lowest BCUT2D eigenvalue weighted by Crippen LogP contribution is -2.38. The Morgan fingerprint density at radius 3 is 2.55 bits per heavy atom. The largest absolute Gasteiger partial charge is 0.478 e. The highest BCUT2D eigenvalue weighted by atomic mass is 16.4. The molecule has 104 valence electrons. The summed E-state index contributed by atoms with van der Waals surface area (Å²) in [6.07, 6.45) is 3.16. The fraction of sp³-hybridized carbons (Fsp3) is 0.400. The second kappa shape index (κ2) is 4.44. The molecule has 1 unspecified atom stereocenters. The number of carboxylic acids is 1. The molecule has 1 saturated carbocycles. The lowest BCUT2D eigenvalue weighted by Gasteiger charge is -2.22. The molecule has 5 nitrogen and oxygen atoms in total. The minimum atomic E-state index is -1.10. The third-order valence-electron chi connectivity index (χ3n) is 3.98. The van der Waals surface area contributed by atoms with Gasteiger partial charge >= 0.3 is 5.97 Å². The number of hydrogen-bond acceptors (Lipinski definition) is 3. The predicted molar refractivity (Wildman–Crippen MR) is 70.7 cm³/mol. The van der Waals surface area contributed by atoms with E-state index in [0.717, 1.165) is 19.3 Å². The van der Waals surface area contributed by atoms with Crippen molar-refractivity contribution < 1.29 is 19.5 Å². The van der Waals surface area contributed by atoms with Crippen LogP contribution in [0.15, 0.2) is 18.2 Å². The Labute approximate surface area is 116 Å². The molecular formula is C15H15NO4. The van der Waals surface area contributed by atoms with Crippen molar-refractivity contribution in [2.24, 2.45) is 5.92 Å². The van der Waals surface area contributed by atoms with E-state index in [1.807, 2.05) is 6.92 Å². The van der Waals surface area contributed by atoms with Gasteiger partial charge in [-0.05, 0) is 37.5 Å². The van der Waals surface area contributed by atoms with Gasteiger partial charge in [-0.1, -0.05) is 12.8 Å². The molecule has 1 aliphatic carbocycles. The van der Waals surface area contributed by atoms with Crippen LogP contribution in [0.25, 0.3) is 0 Å². The van der Waals surface area contributed by atoms with Crippen LogP contribution in [0, 0.1) is 5.92 Å². The number of hydrogen-bond donors (Lipinski definition) is 1. The standard InChI is InChI=1S/C15H15NO4/c1-8(6-9-2-3-9)16-13(17)11-5-4-10(15(19)20)7-12(11)14(16)18/h4-5,7-9H,2-3,6H2,1H3,(H,19,20). The molecule has 1 fully saturated rings. The molecule has 1 aromatic rings. The van der Waals surface area contributed by atoms with Crippen molar-refractivity contribution in [3.8, 4) is 0 Å². The molecule has 2 aliphatic rings. The summed E-state index contributed by atoms with van der Waals surface area (Å²) in [5, 5.41) is 8.96. The van der Waals surface area contributed by atoms with Crippen molar-refractivity contribution in [3.63, 3.8) is 0 Å². The molecule has 3 rings (SSSR count). The van der Waals surface area contributed by atoms with Gasteiger partial charge in [-0.25, -0.2) is 4.79 Å². The highest BCUT2D eigenvalue weighted by Gasteiger charge is 2.40. The zero-order valence-electron chi connectivity index (χ0n) is 11.1. The van der Waals surface area contributed by atoms with E-state index in [-0.39, 0.29) is 29.0 Å². The molecule has 0 spiro atoms. The predicted octanol–water partition coefficient (Wildman–Crippen LogP) is 2.17. The Morgan fingerprint density at radius 1 is 1.30 bits per heavy atom. The zero-order chi connectivity index (χ0) is 14.4. The fourth-order valence-electron chi connectivity index (χ4n) is 2.73. The van der Waals surface area contributed by atoms with Crippen LogP contribution in [0.3, 0.4) is 0 Å². The number of imide groups is 1. The molecule has 0 bridgehead atoms. The summed E-state index contributed by atoms with van der Waals surface area (Å²) in [6, 6.07) is 3.95. The molecule has 1 atom stereocenters. The summed E-state index contributed by atoms with van der Waals surface area (Å²) in [4.78, 5) is 36.8. The van der Waals surface area contributed by atoms with Crippen LogP contribution in [0.5, 0.6) is 0 Å². The van der Waals surface area contributed by atoms with Crippen molar-refractivity contribution in [3.05, 3.63) is 34.9 Å². The van der Waals surface area contributed by atoms with Crippen LogP contribution in [0.1, 0.15) is 57.3 Å². The van der Waals surface area contributed by atoms with E-state index in [2.05, 4.69) is 0 Å². The quantitative estimate of drug-likeness (QED) is 0.853. The average Bonchev–Trinajstić information content (AvgIpc) is 3.17. The van der Waals surface area contributed by atoms with E-state index in [0.29, 0.717) is 11.5 Å². The zero-order valence-corrected chi connectivity index (χ0v) is 11.1. The third-order valence-corrected chi connectivity index (χ3v) is 3.98. The summed E-state index contributed by atoms with van der Waals surface area (Å²) in [7, 11) is 0. The van der Waals surface area contributed by atoms with Gasteiger partial charge in [0.2, 0.25) is 0 Å². The Balaban J connectivity index is 1.92. The molecule has 1 aromatic carbocycles. The monoisotopic (exact) mass is 273 g/mol. The number of fused-ring (bicyclic) bond motifs is 1. The van der Waals surface area contributed by atoms with E-state index < -0.39 is 5.97 Å². The molecule has 0 radical (unpaired) electrons. The highest BCUT2D eigenvalue weighted by molar-refractivity contribution is 6.22. The van der Waals surface area contributed by atoms with Gasteiger partial charge in [0.1, 0.15) is 0 Å². The van der Waals surface area contributed by atoms with Gasteiger partial charge in [0.15, 0.2) is 0 Å². The Morgan fingerprint density at radius 2 is 1.95 bits per heavy atom. The Kier molecular flexibility index (Phi) is 2.85. The molecular weight excluding hydrogens is 258 g/mol. The smallest absolute Gasteiger partial charge is 0.335 e. The number of amides is 2. The minimum absolute atomic E-state index is 0.0293. The molecule has 2 amide bonds. The summed E-state index contributed by atoms with van der Waals surface area (Å²) in [6.45, 7) is 1.87. The molecule has 20 heavy (non-hydrogen) atoms. The summed E-state index contributed by atoms with van der Waals surface area (Å²) in [5.41, 5.74) is 0.543. The van der Waals surface area contributed by atoms with Crippen molar-refractivity contribution in [1.82, 2.24) is 4.90 Å². The number of carboxylic acid groups (broad SMARTS) is 1. The normalized spacial score (nSPS) is 19.1. The van der Waals surface area contributed by atoms with Gasteiger partial charge in [0.25, 0.3) is 11.8 Å². The number of rotatable bonds is 4. The van der Waals surface area contributed by atoms with E-state index in [1.165, 1.54) is 23.1 Å². The minimum Gasteiger partial charge on any atom is -0.478 e. The number of benzene rings is 1. The van der Waals surface area contributed by atoms with Crippen molar-refractivity contribution in [2.75, 3.05) is 0 Å². The number of aromatic carboxylic acids is 1. The van der Waals surface area contributed by atoms with Crippen molar-refractivity contribution in [1.29, 1.82) is 0 Å². The molecule has 1 aliphatic heterocycles. The van der Waals surface area contributed by atoms with E-state index in [1.54, 1.807) is 0 Å². The first-order valence-corrected chi connectivity index (χ1v) is 6.74. The van der Waals surface area contributed by atoms with Gasteiger partial charge in [-0.3, -0.25) is 14.5 Å². The summed E-state index contributed by atoms with van der Waals surface area (Å²) < 4.78 is 0. The van der Waals surface area contributed by atoms with E-state index in [9.17, 15) is 14.4 Å². The lowest BCUT2D eigenvalue weighted by atomic mass is 10.1. The molecule has 1 N–H and O–H groups in total. The van der Waals surface area contributed by atoms with Crippen LogP contribution in [0.4, 0.5) is 0 Å². The summed E-state index contributed by atoms with van der Waals surface area (Å²) >= 11 is 0. The maximum atomic E-state index is 12.3. The Bertz CT molecular complexity index is 618. The fourth-order valence-corrected chi connectivity index (χ4v) is 2.73. The first-order valence-electron chi connectivity index (χ1n) is 6.74. The number of nitrogens with zero attached hydrogens (tertiary/aromatic N) is 1. The van der Waals surface area contributed by atoms with Crippen LogP contribution in [0.2, 0.25) is 0 Å². The third kappa shape index (κ3) is 1.99. The van der Waals surface area contributed by atoms with Crippen molar-refractivity contribution >= 4 is 17.8 Å². The maximum Gasteiger partial charge on any atom is 0.335 e. The first kappa shape index (κ1) is 12.8. The summed E-state index contributed by atoms with van der Waals surface area (Å²) in [5.74, 6) is -1.17. The molecule has 0 saturated heterocycles. The van der Waals surface area contributed by atoms with Gasteiger partial charge in [-0.2, -0.15) is 0 Å². The van der Waals surface area contributed by atoms with E-state index >= 15 is 0 Å². The highest BCUT2D eigenvalue weighted by Crippen LogP contribution is 2.36. The molecule has 0 aromatic heterocycles. The number of carbonyl (C=O) groups is 3. The van der Waals surface area contributed by atoms with Crippen LogP contribution >= 0.6 is 0 Å². The van der Waals surface area contributed by atoms with Gasteiger partial charge in [0.05, 0.1) is 16.7 Å². The van der Waals surface area contributed by atoms with Gasteiger partial charge < -0.3 is 5.11 Å².